The predicted molar refractivity (Wildman–Crippen MR) is 110 cm³/mol. The van der Waals surface area contributed by atoms with Crippen LogP contribution in [0.1, 0.15) is 0 Å². The maximum Gasteiger partial charge on any atom is 0.227 e. The van der Waals surface area contributed by atoms with Crippen LogP contribution in [0.15, 0.2) is 78.6 Å². The number of rotatable bonds is 4. The number of aromatic amines is 1. The molecule has 2 N–H and O–H groups in total. The van der Waals surface area contributed by atoms with E-state index >= 15 is 0 Å². The van der Waals surface area contributed by atoms with Crippen LogP contribution in [-0.2, 0) is 0 Å². The van der Waals surface area contributed by atoms with Gasteiger partial charge in [-0.2, -0.15) is 0 Å². The first-order valence-electron chi connectivity index (χ1n) is 8.53. The van der Waals surface area contributed by atoms with Crippen molar-refractivity contribution in [3.05, 3.63) is 78.6 Å². The van der Waals surface area contributed by atoms with E-state index < -0.39 is 0 Å². The van der Waals surface area contributed by atoms with Gasteiger partial charge in [-0.15, -0.1) is 11.3 Å². The molecule has 0 saturated carbocycles. The van der Waals surface area contributed by atoms with Crippen LogP contribution in [0.4, 0.5) is 11.6 Å². The average Bonchev–Trinajstić information content (AvgIpc) is 3.40. The molecule has 3 heterocycles. The summed E-state index contributed by atoms with van der Waals surface area (Å²) in [5.41, 5.74) is 5.18. The number of nitrogens with one attached hydrogen (secondary N) is 2. The van der Waals surface area contributed by atoms with Gasteiger partial charge in [0.25, 0.3) is 0 Å². The predicted octanol–water partition coefficient (Wildman–Crippen LogP) is 5.49. The van der Waals surface area contributed by atoms with Crippen molar-refractivity contribution in [3.8, 4) is 21.8 Å². The minimum absolute atomic E-state index is 0.555. The van der Waals surface area contributed by atoms with Crippen molar-refractivity contribution >= 4 is 33.9 Å². The summed E-state index contributed by atoms with van der Waals surface area (Å²) in [6.07, 6.45) is 5.48. The molecular weight excluding hydrogens is 354 g/mol. The number of anilines is 2. The van der Waals surface area contributed by atoms with Crippen LogP contribution in [0.3, 0.4) is 0 Å². The van der Waals surface area contributed by atoms with Crippen molar-refractivity contribution in [1.82, 2.24) is 19.9 Å². The van der Waals surface area contributed by atoms with Gasteiger partial charge in [0.1, 0.15) is 10.7 Å². The van der Waals surface area contributed by atoms with Crippen molar-refractivity contribution in [3.63, 3.8) is 0 Å². The minimum atomic E-state index is 0.555. The third kappa shape index (κ3) is 3.18. The van der Waals surface area contributed by atoms with Crippen molar-refractivity contribution in [1.29, 1.82) is 0 Å². The van der Waals surface area contributed by atoms with Gasteiger partial charge in [0.15, 0.2) is 0 Å². The van der Waals surface area contributed by atoms with Gasteiger partial charge in [0.05, 0.1) is 0 Å². The molecule has 0 atom stereocenters. The molecule has 0 aliphatic rings. The van der Waals surface area contributed by atoms with Gasteiger partial charge in [-0.25, -0.2) is 15.0 Å². The number of H-pyrrole nitrogens is 1. The van der Waals surface area contributed by atoms with Gasteiger partial charge < -0.3 is 10.3 Å². The number of benzene rings is 2. The van der Waals surface area contributed by atoms with Gasteiger partial charge in [-0.3, -0.25) is 0 Å². The second-order valence-corrected chi connectivity index (χ2v) is 6.98. The smallest absolute Gasteiger partial charge is 0.227 e. The highest BCUT2D eigenvalue weighted by atomic mass is 32.1. The highest BCUT2D eigenvalue weighted by molar-refractivity contribution is 7.13. The van der Waals surface area contributed by atoms with E-state index in [9.17, 15) is 0 Å². The monoisotopic (exact) mass is 369 g/mol. The number of aromatic nitrogens is 4. The molecule has 0 radical (unpaired) electrons. The van der Waals surface area contributed by atoms with E-state index in [4.69, 9.17) is 0 Å². The number of fused-ring (bicyclic) bond motifs is 1. The van der Waals surface area contributed by atoms with Crippen LogP contribution < -0.4 is 5.32 Å². The molecule has 0 aliphatic heterocycles. The van der Waals surface area contributed by atoms with Crippen LogP contribution in [0.25, 0.3) is 32.7 Å². The van der Waals surface area contributed by atoms with Crippen LogP contribution >= 0.6 is 11.3 Å². The molecule has 0 fully saturated rings. The van der Waals surface area contributed by atoms with Gasteiger partial charge in [0.2, 0.25) is 5.95 Å². The summed E-state index contributed by atoms with van der Waals surface area (Å²) >= 11 is 1.56. The van der Waals surface area contributed by atoms with Crippen LogP contribution in [0, 0.1) is 0 Å². The van der Waals surface area contributed by atoms with Crippen LogP contribution in [0.2, 0.25) is 0 Å². The summed E-state index contributed by atoms with van der Waals surface area (Å²) in [7, 11) is 0. The lowest BCUT2D eigenvalue weighted by Crippen LogP contribution is -1.97. The summed E-state index contributed by atoms with van der Waals surface area (Å²) in [5.74, 6) is 0.555. The Morgan fingerprint density at radius 3 is 2.78 bits per heavy atom. The fourth-order valence-electron chi connectivity index (χ4n) is 3.02. The molecule has 5 aromatic rings. The average molecular weight is 369 g/mol. The third-order valence-corrected chi connectivity index (χ3v) is 5.11. The van der Waals surface area contributed by atoms with E-state index in [2.05, 4.69) is 61.7 Å². The summed E-state index contributed by atoms with van der Waals surface area (Å²) in [6.45, 7) is 0. The van der Waals surface area contributed by atoms with Crippen molar-refractivity contribution < 1.29 is 0 Å². The fourth-order valence-corrected chi connectivity index (χ4v) is 3.63. The molecule has 130 valence electrons. The van der Waals surface area contributed by atoms with E-state index in [0.717, 1.165) is 33.0 Å². The minimum Gasteiger partial charge on any atom is -0.361 e. The van der Waals surface area contributed by atoms with Crippen molar-refractivity contribution in [2.45, 2.75) is 0 Å². The molecule has 0 bridgehead atoms. The lowest BCUT2D eigenvalue weighted by molar-refractivity contribution is 1.16. The largest absolute Gasteiger partial charge is 0.361 e. The number of nitrogens with zero attached hydrogens (tertiary/aromatic N) is 3. The second-order valence-electron chi connectivity index (χ2n) is 6.09. The zero-order valence-electron chi connectivity index (χ0n) is 14.3. The number of thiazole rings is 1. The number of hydrogen-bond acceptors (Lipinski definition) is 5. The first-order chi connectivity index (χ1) is 13.3. The van der Waals surface area contributed by atoms with Crippen molar-refractivity contribution in [2.75, 3.05) is 5.32 Å². The van der Waals surface area contributed by atoms with E-state index in [1.165, 1.54) is 5.39 Å². The molecule has 5 rings (SSSR count). The molecule has 0 spiro atoms. The maximum atomic E-state index is 4.57. The molecule has 27 heavy (non-hydrogen) atoms. The van der Waals surface area contributed by atoms with E-state index in [1.807, 2.05) is 29.8 Å². The Bertz CT molecular complexity index is 1210. The second kappa shape index (κ2) is 6.66. The maximum absolute atomic E-state index is 4.57. The first-order valence-corrected chi connectivity index (χ1v) is 9.41. The molecule has 0 unspecified atom stereocenters. The Balaban J connectivity index is 1.45. The molecule has 0 saturated heterocycles. The van der Waals surface area contributed by atoms with Crippen LogP contribution in [0.5, 0.6) is 0 Å². The van der Waals surface area contributed by atoms with Crippen molar-refractivity contribution in [2.24, 2.45) is 0 Å². The molecule has 6 heteroatoms. The summed E-state index contributed by atoms with van der Waals surface area (Å²) < 4.78 is 0. The molecule has 0 amide bonds. The highest BCUT2D eigenvalue weighted by Crippen LogP contribution is 2.27. The van der Waals surface area contributed by atoms with Gasteiger partial charge in [-0.1, -0.05) is 24.3 Å². The SMILES string of the molecule is c1cc(Nc2nccc(-c3nccs3)n2)cc(-c2ccc3cc[nH]c3c2)c1. The zero-order chi connectivity index (χ0) is 18.1. The normalized spacial score (nSPS) is 11.0. The quantitative estimate of drug-likeness (QED) is 0.439. The lowest BCUT2D eigenvalue weighted by Gasteiger charge is -2.08. The zero-order valence-corrected chi connectivity index (χ0v) is 15.1. The van der Waals surface area contributed by atoms with Gasteiger partial charge in [-0.05, 0) is 46.8 Å². The molecule has 3 aromatic heterocycles. The van der Waals surface area contributed by atoms with E-state index in [0.29, 0.717) is 5.95 Å². The molecule has 5 nitrogen and oxygen atoms in total. The Morgan fingerprint density at radius 2 is 1.85 bits per heavy atom. The standard InChI is InChI=1S/C21H15N5S/c1-2-15(16-5-4-14-6-8-22-19(14)13-16)12-17(3-1)25-21-24-9-7-18(26-21)20-23-10-11-27-20/h1-13,22H,(H,24,25,26). The Morgan fingerprint density at radius 1 is 0.889 bits per heavy atom. The first kappa shape index (κ1) is 15.7. The van der Waals surface area contributed by atoms with E-state index in [-0.39, 0.29) is 0 Å². The molecule has 2 aromatic carbocycles. The summed E-state index contributed by atoms with van der Waals surface area (Å²) in [6, 6.07) is 18.6. The molecular formula is C21H15N5S. The Labute approximate surface area is 159 Å². The number of hydrogen-bond donors (Lipinski definition) is 2. The summed E-state index contributed by atoms with van der Waals surface area (Å²) in [4.78, 5) is 16.5. The topological polar surface area (TPSA) is 66.5 Å². The Hall–Kier alpha value is -3.51. The van der Waals surface area contributed by atoms with Crippen LogP contribution in [-0.4, -0.2) is 19.9 Å². The summed E-state index contributed by atoms with van der Waals surface area (Å²) in [5, 5.41) is 7.33. The highest BCUT2D eigenvalue weighted by Gasteiger charge is 2.06. The fraction of sp³-hybridized carbons (Fsp3) is 0. The van der Waals surface area contributed by atoms with Gasteiger partial charge >= 0.3 is 0 Å². The third-order valence-electron chi connectivity index (χ3n) is 4.31. The molecule has 0 aliphatic carbocycles. The Kier molecular flexibility index (Phi) is 3.88. The van der Waals surface area contributed by atoms with E-state index in [1.54, 1.807) is 23.7 Å². The van der Waals surface area contributed by atoms with Gasteiger partial charge in [0, 0.05) is 35.2 Å². The lowest BCUT2D eigenvalue weighted by atomic mass is 10.0.